The van der Waals surface area contributed by atoms with Crippen molar-refractivity contribution in [1.29, 1.82) is 0 Å². The summed E-state index contributed by atoms with van der Waals surface area (Å²) >= 11 is 0. The first-order valence-corrected chi connectivity index (χ1v) is 16.3. The number of hydrogen-bond donors (Lipinski definition) is 2. The van der Waals surface area contributed by atoms with Crippen molar-refractivity contribution in [2.24, 2.45) is 0 Å². The Bertz CT molecular complexity index is 1540. The maximum Gasteiger partial charge on any atom is 0.527 e. The minimum atomic E-state index is -1.42. The zero-order chi connectivity index (χ0) is 35.1. The number of aliphatic carboxylic acids is 1. The van der Waals surface area contributed by atoms with E-state index in [9.17, 15) is 33.9 Å². The quantitative estimate of drug-likeness (QED) is 0.281. The number of hydrogen-bond acceptors (Lipinski definition) is 11. The van der Waals surface area contributed by atoms with E-state index < -0.39 is 49.1 Å². The second-order valence-electron chi connectivity index (χ2n) is 12.0. The maximum atomic E-state index is 13.4. The number of amides is 4. The number of carbonyl (C=O) groups is 6. The molecule has 1 aromatic carbocycles. The van der Waals surface area contributed by atoms with Crippen LogP contribution in [0.4, 0.5) is 4.79 Å². The van der Waals surface area contributed by atoms with Crippen molar-refractivity contribution in [2.45, 2.75) is 57.2 Å². The molecule has 2 atom stereocenters. The molecule has 1 saturated carbocycles. The lowest BCUT2D eigenvalue weighted by molar-refractivity contribution is -0.158. The van der Waals surface area contributed by atoms with Crippen molar-refractivity contribution in [1.82, 2.24) is 34.9 Å². The van der Waals surface area contributed by atoms with Crippen molar-refractivity contribution < 1.29 is 48.2 Å². The van der Waals surface area contributed by atoms with Crippen molar-refractivity contribution in [3.8, 4) is 11.6 Å². The molecule has 2 N–H and O–H groups in total. The second kappa shape index (κ2) is 15.8. The van der Waals surface area contributed by atoms with Gasteiger partial charge in [0.05, 0.1) is 31.8 Å². The van der Waals surface area contributed by atoms with Crippen LogP contribution in [0, 0.1) is 0 Å². The monoisotopic (exact) mass is 683 g/mol. The number of carboxylic acid groups (broad SMARTS) is 1. The highest BCUT2D eigenvalue weighted by atomic mass is 16.8. The number of benzene rings is 1. The third-order valence-electron chi connectivity index (χ3n) is 8.55. The number of para-hydroxylation sites is 1. The Balaban J connectivity index is 1.26. The fourth-order valence-corrected chi connectivity index (χ4v) is 5.83. The largest absolute Gasteiger partial charge is 0.527 e. The fraction of sp³-hybridized carbons (Fsp3) is 0.531. The van der Waals surface area contributed by atoms with Crippen molar-refractivity contribution in [2.75, 3.05) is 53.0 Å². The highest BCUT2D eigenvalue weighted by Gasteiger charge is 2.40. The van der Waals surface area contributed by atoms with E-state index in [-0.39, 0.29) is 62.2 Å². The number of aromatic nitrogens is 2. The van der Waals surface area contributed by atoms with Gasteiger partial charge in [0.2, 0.25) is 17.7 Å². The smallest absolute Gasteiger partial charge is 0.481 e. The van der Waals surface area contributed by atoms with Gasteiger partial charge >= 0.3 is 12.1 Å². The van der Waals surface area contributed by atoms with Gasteiger partial charge in [0.1, 0.15) is 12.1 Å². The molecular formula is C32H41N7O10. The molecule has 17 nitrogen and oxygen atoms in total. The van der Waals surface area contributed by atoms with Gasteiger partial charge in [-0.25, -0.2) is 9.48 Å². The Morgan fingerprint density at radius 1 is 1.02 bits per heavy atom. The summed E-state index contributed by atoms with van der Waals surface area (Å²) in [6.45, 7) is 2.32. The van der Waals surface area contributed by atoms with Crippen LogP contribution in [0.1, 0.15) is 49.5 Å². The normalized spacial score (nSPS) is 18.4. The Hall–Kier alpha value is -5.19. The summed E-state index contributed by atoms with van der Waals surface area (Å²) in [5.74, 6) is -3.17. The lowest BCUT2D eigenvalue weighted by atomic mass is 10.1. The molecule has 17 heteroatoms. The van der Waals surface area contributed by atoms with Crippen LogP contribution in [0.15, 0.2) is 36.4 Å². The van der Waals surface area contributed by atoms with Crippen LogP contribution in [0.25, 0.3) is 5.69 Å². The number of piperazine rings is 1. The third kappa shape index (κ3) is 8.84. The van der Waals surface area contributed by atoms with E-state index in [2.05, 4.69) is 10.4 Å². The van der Waals surface area contributed by atoms with Crippen LogP contribution in [-0.4, -0.2) is 142 Å². The molecule has 264 valence electrons. The number of hydroxylamine groups is 2. The third-order valence-corrected chi connectivity index (χ3v) is 8.55. The van der Waals surface area contributed by atoms with Crippen LogP contribution in [0.5, 0.6) is 5.88 Å². The Labute approximate surface area is 282 Å². The minimum Gasteiger partial charge on any atom is -0.481 e. The molecule has 0 radical (unpaired) electrons. The molecule has 4 amide bonds. The zero-order valence-corrected chi connectivity index (χ0v) is 27.5. The zero-order valence-electron chi connectivity index (χ0n) is 27.5. The van der Waals surface area contributed by atoms with Gasteiger partial charge in [0.25, 0.3) is 11.8 Å². The Morgan fingerprint density at radius 3 is 2.39 bits per heavy atom. The molecule has 3 heterocycles. The van der Waals surface area contributed by atoms with E-state index in [1.54, 1.807) is 49.2 Å². The van der Waals surface area contributed by atoms with Crippen LogP contribution < -0.4 is 10.1 Å². The minimum absolute atomic E-state index is 0.0562. The standard InChI is InChI=1S/C32H41N7O10/c1-3-47-32(46)49-37-16-14-36(15-17-37)30(44)24(19-28(41)42)33-29(43)23-18-27(39(34-23)22-8-5-4-6-9-22)48-20-26(40)38-13-7-10-25(38)31(45)35(2)21-11-12-21/h4-6,8-9,18,21,24-25H,3,7,10-17,19-20H2,1-2H3,(H,33,43)(H,41,42)/t24-,25-/m0/s1. The summed E-state index contributed by atoms with van der Waals surface area (Å²) in [5.41, 5.74) is 0.341. The average molecular weight is 684 g/mol. The summed E-state index contributed by atoms with van der Waals surface area (Å²) in [5, 5.41) is 17.7. The van der Waals surface area contributed by atoms with E-state index in [4.69, 9.17) is 14.3 Å². The first-order chi connectivity index (χ1) is 23.5. The van der Waals surface area contributed by atoms with Crippen LogP contribution in [0.2, 0.25) is 0 Å². The number of carbonyl (C=O) groups excluding carboxylic acids is 5. The molecule has 2 aliphatic heterocycles. The van der Waals surface area contributed by atoms with Crippen LogP contribution >= 0.6 is 0 Å². The molecule has 1 aliphatic carbocycles. The highest BCUT2D eigenvalue weighted by Crippen LogP contribution is 2.29. The number of nitrogens with one attached hydrogen (secondary N) is 1. The number of ether oxygens (including phenoxy) is 2. The molecule has 5 rings (SSSR count). The van der Waals surface area contributed by atoms with E-state index in [0.29, 0.717) is 25.1 Å². The summed E-state index contributed by atoms with van der Waals surface area (Å²) in [6.07, 6.45) is 1.63. The van der Waals surface area contributed by atoms with Gasteiger partial charge < -0.3 is 39.4 Å². The molecule has 3 aliphatic rings. The molecule has 49 heavy (non-hydrogen) atoms. The summed E-state index contributed by atoms with van der Waals surface area (Å²) in [6, 6.07) is 8.27. The summed E-state index contributed by atoms with van der Waals surface area (Å²) in [7, 11) is 1.76. The number of carboxylic acids is 1. The number of likely N-dealkylation sites (tertiary alicyclic amines) is 1. The van der Waals surface area contributed by atoms with Gasteiger partial charge in [-0.15, -0.1) is 5.06 Å². The van der Waals surface area contributed by atoms with E-state index in [0.717, 1.165) is 12.8 Å². The van der Waals surface area contributed by atoms with Crippen LogP contribution in [-0.2, 0) is 28.8 Å². The van der Waals surface area contributed by atoms with Gasteiger partial charge in [-0.3, -0.25) is 24.0 Å². The average Bonchev–Trinajstić information content (AvgIpc) is 3.66. The van der Waals surface area contributed by atoms with E-state index in [1.165, 1.54) is 25.6 Å². The maximum absolute atomic E-state index is 13.4. The molecule has 3 fully saturated rings. The number of nitrogens with zero attached hydrogens (tertiary/aromatic N) is 6. The molecule has 1 aromatic heterocycles. The van der Waals surface area contributed by atoms with E-state index in [1.807, 2.05) is 0 Å². The Kier molecular flexibility index (Phi) is 11.3. The molecular weight excluding hydrogens is 642 g/mol. The first-order valence-electron chi connectivity index (χ1n) is 16.3. The van der Waals surface area contributed by atoms with Crippen molar-refractivity contribution >= 4 is 35.8 Å². The van der Waals surface area contributed by atoms with Gasteiger partial charge in [0, 0.05) is 38.8 Å². The molecule has 0 unspecified atom stereocenters. The molecule has 0 spiro atoms. The fourth-order valence-electron chi connectivity index (χ4n) is 5.83. The van der Waals surface area contributed by atoms with Crippen molar-refractivity contribution in [3.05, 3.63) is 42.1 Å². The van der Waals surface area contributed by atoms with Gasteiger partial charge in [0.15, 0.2) is 12.3 Å². The lowest BCUT2D eigenvalue weighted by Crippen LogP contribution is -2.55. The number of likely N-dealkylation sites (N-methyl/N-ethyl adjacent to an activating group) is 1. The topological polar surface area (TPSA) is 193 Å². The summed E-state index contributed by atoms with van der Waals surface area (Å²) < 4.78 is 12.0. The predicted molar refractivity (Wildman–Crippen MR) is 169 cm³/mol. The molecule has 0 bridgehead atoms. The SMILES string of the molecule is CCOC(=O)ON1CCN(C(=O)[C@H](CC(=O)O)NC(=O)c2cc(OCC(=O)N3CCC[C@H]3C(=O)N(C)C3CC3)n(-c3ccccc3)n2)CC1. The van der Waals surface area contributed by atoms with Gasteiger partial charge in [-0.1, -0.05) is 18.2 Å². The molecule has 2 aromatic rings. The van der Waals surface area contributed by atoms with Gasteiger partial charge in [-0.05, 0) is 44.7 Å². The highest BCUT2D eigenvalue weighted by molar-refractivity contribution is 5.97. The molecule has 2 saturated heterocycles. The predicted octanol–water partition coefficient (Wildman–Crippen LogP) is 0.668. The second-order valence-corrected chi connectivity index (χ2v) is 12.0. The van der Waals surface area contributed by atoms with Gasteiger partial charge in [-0.2, -0.15) is 5.10 Å². The van der Waals surface area contributed by atoms with E-state index >= 15 is 0 Å². The van der Waals surface area contributed by atoms with Crippen LogP contribution in [0.3, 0.4) is 0 Å². The van der Waals surface area contributed by atoms with Crippen molar-refractivity contribution in [3.63, 3.8) is 0 Å². The summed E-state index contributed by atoms with van der Waals surface area (Å²) in [4.78, 5) is 86.1. The lowest BCUT2D eigenvalue weighted by Gasteiger charge is -2.34. The first kappa shape index (κ1) is 35.1. The number of rotatable bonds is 13. The Morgan fingerprint density at radius 2 is 1.73 bits per heavy atom.